The fourth-order valence-corrected chi connectivity index (χ4v) is 3.65. The van der Waals surface area contributed by atoms with Gasteiger partial charge in [-0.3, -0.25) is 0 Å². The molecule has 0 amide bonds. The number of halogens is 3. The van der Waals surface area contributed by atoms with Crippen LogP contribution >= 0.6 is 12.2 Å². The maximum absolute atomic E-state index is 12.8. The van der Waals surface area contributed by atoms with Crippen molar-refractivity contribution in [2.75, 3.05) is 0 Å². The first-order valence-electron chi connectivity index (χ1n) is 5.92. The zero-order valence-electron chi connectivity index (χ0n) is 11.4. The van der Waals surface area contributed by atoms with Crippen molar-refractivity contribution in [3.63, 3.8) is 0 Å². The Morgan fingerprint density at radius 3 is 2.48 bits per heavy atom. The van der Waals surface area contributed by atoms with E-state index < -0.39 is 32.7 Å². The Labute approximate surface area is 126 Å². The normalized spacial score (nSPS) is 14.0. The number of thiocarbonyl (C=S) groups is 1. The highest BCUT2D eigenvalue weighted by Gasteiger charge is 2.34. The third kappa shape index (κ3) is 4.65. The Morgan fingerprint density at radius 2 is 2.00 bits per heavy atom. The molecule has 0 saturated heterocycles. The fraction of sp³-hybridized carbons (Fsp3) is 0.417. The molecule has 0 heterocycles. The molecule has 21 heavy (non-hydrogen) atoms. The quantitative estimate of drug-likeness (QED) is 0.807. The lowest BCUT2D eigenvalue weighted by Gasteiger charge is -2.17. The molecule has 118 valence electrons. The van der Waals surface area contributed by atoms with Crippen molar-refractivity contribution >= 4 is 27.2 Å². The largest absolute Gasteiger partial charge is 0.416 e. The molecule has 0 aliphatic rings. The van der Waals surface area contributed by atoms with Crippen LogP contribution in [-0.4, -0.2) is 19.4 Å². The zero-order valence-corrected chi connectivity index (χ0v) is 13.0. The van der Waals surface area contributed by atoms with Crippen molar-refractivity contribution in [1.82, 2.24) is 4.72 Å². The summed E-state index contributed by atoms with van der Waals surface area (Å²) in [5.41, 5.74) is 3.98. The van der Waals surface area contributed by atoms with E-state index in [1.165, 1.54) is 6.92 Å². The maximum Gasteiger partial charge on any atom is 0.416 e. The topological polar surface area (TPSA) is 72.2 Å². The van der Waals surface area contributed by atoms with E-state index in [2.05, 4.69) is 16.9 Å². The summed E-state index contributed by atoms with van der Waals surface area (Å²) >= 11 is 4.67. The Morgan fingerprint density at radius 1 is 1.43 bits per heavy atom. The van der Waals surface area contributed by atoms with Crippen molar-refractivity contribution in [3.05, 3.63) is 29.3 Å². The second-order valence-corrected chi connectivity index (χ2v) is 6.83. The minimum atomic E-state index is -4.61. The highest BCUT2D eigenvalue weighted by Crippen LogP contribution is 2.34. The monoisotopic (exact) mass is 340 g/mol. The van der Waals surface area contributed by atoms with Crippen molar-refractivity contribution in [2.24, 2.45) is 5.73 Å². The van der Waals surface area contributed by atoms with Crippen molar-refractivity contribution in [1.29, 1.82) is 0 Å². The summed E-state index contributed by atoms with van der Waals surface area (Å²) in [4.78, 5) is -0.293. The molecule has 0 spiro atoms. The number of benzene rings is 1. The first-order valence-corrected chi connectivity index (χ1v) is 7.81. The van der Waals surface area contributed by atoms with Gasteiger partial charge in [-0.2, -0.15) is 13.2 Å². The third-order valence-electron chi connectivity index (χ3n) is 2.74. The van der Waals surface area contributed by atoms with Crippen LogP contribution in [0.5, 0.6) is 0 Å². The Bertz CT molecular complexity index is 642. The van der Waals surface area contributed by atoms with Crippen LogP contribution in [0.15, 0.2) is 23.1 Å². The molecule has 0 saturated carbocycles. The molecule has 1 unspecified atom stereocenters. The van der Waals surface area contributed by atoms with E-state index in [1.807, 2.05) is 0 Å². The zero-order chi connectivity index (χ0) is 16.4. The predicted octanol–water partition coefficient (Wildman–Crippen LogP) is 2.36. The van der Waals surface area contributed by atoms with Crippen LogP contribution in [0.25, 0.3) is 0 Å². The molecular weight excluding hydrogens is 325 g/mol. The lowest BCUT2D eigenvalue weighted by Crippen LogP contribution is -2.35. The molecule has 1 aromatic rings. The van der Waals surface area contributed by atoms with Crippen LogP contribution in [-0.2, 0) is 16.2 Å². The summed E-state index contributed by atoms with van der Waals surface area (Å²) in [6, 6.07) is 2.41. The van der Waals surface area contributed by atoms with Crippen molar-refractivity contribution in [3.8, 4) is 0 Å². The predicted molar refractivity (Wildman–Crippen MR) is 77.4 cm³/mol. The van der Waals surface area contributed by atoms with Crippen LogP contribution in [0, 0.1) is 6.92 Å². The number of sulfonamides is 1. The highest BCUT2D eigenvalue weighted by atomic mass is 32.2. The van der Waals surface area contributed by atoms with E-state index in [0.29, 0.717) is 0 Å². The molecule has 3 N–H and O–H groups in total. The molecule has 0 bridgehead atoms. The lowest BCUT2D eigenvalue weighted by atomic mass is 10.1. The van der Waals surface area contributed by atoms with Gasteiger partial charge in [0.05, 0.1) is 15.4 Å². The van der Waals surface area contributed by atoms with Crippen LogP contribution in [0.1, 0.15) is 24.5 Å². The lowest BCUT2D eigenvalue weighted by molar-refractivity contribution is -0.138. The number of rotatable bonds is 5. The van der Waals surface area contributed by atoms with Crippen LogP contribution in [0.4, 0.5) is 13.2 Å². The van der Waals surface area contributed by atoms with Gasteiger partial charge in [0.1, 0.15) is 0 Å². The highest BCUT2D eigenvalue weighted by molar-refractivity contribution is 7.89. The maximum atomic E-state index is 12.8. The Hall–Kier alpha value is -1.19. The van der Waals surface area contributed by atoms with E-state index >= 15 is 0 Å². The average Bonchev–Trinajstić information content (AvgIpc) is 2.24. The average molecular weight is 340 g/mol. The van der Waals surface area contributed by atoms with Gasteiger partial charge < -0.3 is 5.73 Å². The first-order chi connectivity index (χ1) is 9.45. The van der Waals surface area contributed by atoms with E-state index in [-0.39, 0.29) is 17.0 Å². The van der Waals surface area contributed by atoms with Gasteiger partial charge in [0, 0.05) is 12.5 Å². The standard InChI is InChI=1S/C12H15F3N2O2S2/c1-7(6-11(16)20)17-21(18,19)10-5-3-4-9(8(10)2)12(13,14)15/h3-5,7,17H,6H2,1-2H3,(H2,16,20). The Kier molecular flexibility index (Phi) is 5.35. The SMILES string of the molecule is Cc1c(C(F)(F)F)cccc1S(=O)(=O)NC(C)CC(N)=S. The molecule has 0 aliphatic carbocycles. The molecule has 0 radical (unpaired) electrons. The van der Waals surface area contributed by atoms with Gasteiger partial charge in [0.15, 0.2) is 0 Å². The second kappa shape index (κ2) is 6.29. The summed E-state index contributed by atoms with van der Waals surface area (Å²) in [5.74, 6) is 0. The van der Waals surface area contributed by atoms with Crippen LogP contribution in [0.2, 0.25) is 0 Å². The summed E-state index contributed by atoms with van der Waals surface area (Å²) in [6.07, 6.45) is -4.49. The molecule has 0 fully saturated rings. The van der Waals surface area contributed by atoms with Gasteiger partial charge >= 0.3 is 6.18 Å². The van der Waals surface area contributed by atoms with Gasteiger partial charge in [-0.1, -0.05) is 18.3 Å². The summed E-state index contributed by atoms with van der Waals surface area (Å²) in [5, 5.41) is 0. The molecule has 9 heteroatoms. The molecular formula is C12H15F3N2O2S2. The molecule has 1 aromatic carbocycles. The second-order valence-electron chi connectivity index (χ2n) is 4.62. The summed E-state index contributed by atoms with van der Waals surface area (Å²) < 4.78 is 65.0. The number of nitrogens with one attached hydrogen (secondary N) is 1. The van der Waals surface area contributed by atoms with Gasteiger partial charge in [0.2, 0.25) is 10.0 Å². The molecule has 1 atom stereocenters. The third-order valence-corrected chi connectivity index (χ3v) is 4.64. The van der Waals surface area contributed by atoms with Gasteiger partial charge in [0.25, 0.3) is 0 Å². The smallest absolute Gasteiger partial charge is 0.393 e. The van der Waals surface area contributed by atoms with Crippen LogP contribution in [0.3, 0.4) is 0 Å². The minimum absolute atomic E-state index is 0.117. The summed E-state index contributed by atoms with van der Waals surface area (Å²) in [7, 11) is -4.08. The van der Waals surface area contributed by atoms with Gasteiger partial charge in [-0.05, 0) is 31.5 Å². The molecule has 0 aliphatic heterocycles. The number of alkyl halides is 3. The van der Waals surface area contributed by atoms with E-state index in [0.717, 1.165) is 25.1 Å². The first kappa shape index (κ1) is 17.9. The molecule has 0 aromatic heterocycles. The fourth-order valence-electron chi connectivity index (χ4n) is 1.88. The van der Waals surface area contributed by atoms with Gasteiger partial charge in [-0.15, -0.1) is 0 Å². The minimum Gasteiger partial charge on any atom is -0.393 e. The van der Waals surface area contributed by atoms with Crippen molar-refractivity contribution in [2.45, 2.75) is 37.4 Å². The van der Waals surface area contributed by atoms with Crippen molar-refractivity contribution < 1.29 is 21.6 Å². The molecule has 4 nitrogen and oxygen atoms in total. The number of hydrogen-bond donors (Lipinski definition) is 2. The number of nitrogens with two attached hydrogens (primary N) is 1. The Balaban J connectivity index is 3.18. The molecule has 1 rings (SSSR count). The number of hydrogen-bond acceptors (Lipinski definition) is 3. The van der Waals surface area contributed by atoms with Gasteiger partial charge in [-0.25, -0.2) is 13.1 Å². The van der Waals surface area contributed by atoms with Crippen LogP contribution < -0.4 is 10.5 Å². The van der Waals surface area contributed by atoms with E-state index in [9.17, 15) is 21.6 Å². The summed E-state index contributed by atoms with van der Waals surface area (Å²) in [6.45, 7) is 2.65. The van der Waals surface area contributed by atoms with E-state index in [4.69, 9.17) is 5.73 Å². The van der Waals surface area contributed by atoms with E-state index in [1.54, 1.807) is 0 Å².